The third-order valence-corrected chi connectivity index (χ3v) is 2.54. The lowest BCUT2D eigenvalue weighted by atomic mass is 10.1. The van der Waals surface area contributed by atoms with E-state index < -0.39 is 18.4 Å². The predicted molar refractivity (Wildman–Crippen MR) is 62.2 cm³/mol. The van der Waals surface area contributed by atoms with Gasteiger partial charge in [0.2, 0.25) is 0 Å². The van der Waals surface area contributed by atoms with E-state index in [1.165, 1.54) is 19.2 Å². The zero-order valence-corrected chi connectivity index (χ0v) is 10.2. The van der Waals surface area contributed by atoms with Gasteiger partial charge in [-0.1, -0.05) is 0 Å². The summed E-state index contributed by atoms with van der Waals surface area (Å²) in [7, 11) is 1.40. The van der Waals surface area contributed by atoms with Crippen molar-refractivity contribution in [2.75, 3.05) is 0 Å². The molecule has 2 aromatic rings. The summed E-state index contributed by atoms with van der Waals surface area (Å²) in [4.78, 5) is 10.9. The normalized spacial score (nSPS) is 10.8. The zero-order valence-electron chi connectivity index (χ0n) is 10.2. The van der Waals surface area contributed by atoms with Crippen LogP contribution < -0.4 is 4.74 Å². The van der Waals surface area contributed by atoms with Crippen LogP contribution >= 0.6 is 0 Å². The Morgan fingerprint density at radius 3 is 2.60 bits per heavy atom. The van der Waals surface area contributed by atoms with E-state index in [0.717, 1.165) is 16.8 Å². The summed E-state index contributed by atoms with van der Waals surface area (Å²) in [5, 5.41) is 12.7. The van der Waals surface area contributed by atoms with Crippen LogP contribution in [0.2, 0.25) is 0 Å². The predicted octanol–water partition coefficient (Wildman–Crippen LogP) is 2.53. The molecule has 0 aliphatic carbocycles. The molecular weight excluding hydrogens is 277 g/mol. The highest BCUT2D eigenvalue weighted by atomic mass is 19.3. The van der Waals surface area contributed by atoms with E-state index in [2.05, 4.69) is 9.84 Å². The van der Waals surface area contributed by atoms with Crippen LogP contribution in [0, 0.1) is 5.82 Å². The first-order valence-electron chi connectivity index (χ1n) is 5.40. The fraction of sp³-hybridized carbons (Fsp3) is 0.167. The molecule has 0 bridgehead atoms. The van der Waals surface area contributed by atoms with E-state index in [1.54, 1.807) is 0 Å². The van der Waals surface area contributed by atoms with E-state index in [0.29, 0.717) is 0 Å². The SMILES string of the molecule is Cn1nc(-c2ccc(OC(F)F)cc2F)cc1C(=O)O. The number of carbonyl (C=O) groups is 1. The highest BCUT2D eigenvalue weighted by Crippen LogP contribution is 2.26. The van der Waals surface area contributed by atoms with Crippen LogP contribution in [0.5, 0.6) is 5.75 Å². The van der Waals surface area contributed by atoms with Crippen LogP contribution in [0.15, 0.2) is 24.3 Å². The van der Waals surface area contributed by atoms with Gasteiger partial charge in [0, 0.05) is 18.7 Å². The number of aromatic carboxylic acids is 1. The van der Waals surface area contributed by atoms with Crippen molar-refractivity contribution in [2.24, 2.45) is 7.05 Å². The fourth-order valence-electron chi connectivity index (χ4n) is 1.68. The van der Waals surface area contributed by atoms with Crippen LogP contribution in [0.3, 0.4) is 0 Å². The minimum atomic E-state index is -3.05. The summed E-state index contributed by atoms with van der Waals surface area (Å²) < 4.78 is 42.9. The fourth-order valence-corrected chi connectivity index (χ4v) is 1.68. The highest BCUT2D eigenvalue weighted by molar-refractivity contribution is 5.87. The van der Waals surface area contributed by atoms with Crippen molar-refractivity contribution in [1.29, 1.82) is 0 Å². The van der Waals surface area contributed by atoms with Gasteiger partial charge in [-0.15, -0.1) is 0 Å². The first-order valence-corrected chi connectivity index (χ1v) is 5.40. The lowest BCUT2D eigenvalue weighted by molar-refractivity contribution is -0.0499. The molecule has 0 spiro atoms. The Kier molecular flexibility index (Phi) is 3.64. The minimum absolute atomic E-state index is 0.00489. The average molecular weight is 286 g/mol. The van der Waals surface area contributed by atoms with E-state index in [-0.39, 0.29) is 22.7 Å². The van der Waals surface area contributed by atoms with Gasteiger partial charge in [0.05, 0.1) is 5.69 Å². The summed E-state index contributed by atoms with van der Waals surface area (Å²) >= 11 is 0. The second-order valence-electron chi connectivity index (χ2n) is 3.86. The molecule has 0 saturated carbocycles. The summed E-state index contributed by atoms with van der Waals surface area (Å²) in [5.41, 5.74) is -0.0342. The van der Waals surface area contributed by atoms with Crippen LogP contribution in [-0.2, 0) is 7.05 Å². The monoisotopic (exact) mass is 286 g/mol. The third-order valence-electron chi connectivity index (χ3n) is 2.54. The van der Waals surface area contributed by atoms with E-state index >= 15 is 0 Å². The van der Waals surface area contributed by atoms with E-state index in [9.17, 15) is 18.0 Å². The van der Waals surface area contributed by atoms with E-state index in [4.69, 9.17) is 5.11 Å². The Labute approximate surface area is 111 Å². The first kappa shape index (κ1) is 13.9. The lowest BCUT2D eigenvalue weighted by Gasteiger charge is -2.05. The zero-order chi connectivity index (χ0) is 14.9. The van der Waals surface area contributed by atoms with Crippen LogP contribution in [0.1, 0.15) is 10.5 Å². The number of alkyl halides is 2. The van der Waals surface area contributed by atoms with Crippen molar-refractivity contribution in [1.82, 2.24) is 9.78 Å². The van der Waals surface area contributed by atoms with Gasteiger partial charge in [-0.3, -0.25) is 4.68 Å². The highest BCUT2D eigenvalue weighted by Gasteiger charge is 2.16. The van der Waals surface area contributed by atoms with Crippen LogP contribution in [0.4, 0.5) is 13.2 Å². The van der Waals surface area contributed by atoms with Gasteiger partial charge in [-0.05, 0) is 18.2 Å². The van der Waals surface area contributed by atoms with Crippen molar-refractivity contribution < 1.29 is 27.8 Å². The van der Waals surface area contributed by atoms with Crippen molar-refractivity contribution in [3.05, 3.63) is 35.8 Å². The molecule has 0 aliphatic heterocycles. The standard InChI is InChI=1S/C12H9F3N2O3/c1-17-10(11(18)19)5-9(16-17)7-3-2-6(4-8(7)13)20-12(14)15/h2-5,12H,1H3,(H,18,19). The van der Waals surface area contributed by atoms with Gasteiger partial charge in [-0.25, -0.2) is 9.18 Å². The molecule has 1 N–H and O–H groups in total. The molecule has 0 aliphatic rings. The summed E-state index contributed by atoms with van der Waals surface area (Å²) in [6, 6.07) is 4.33. The summed E-state index contributed by atoms with van der Waals surface area (Å²) in [5.74, 6) is -2.36. The number of hydrogen-bond acceptors (Lipinski definition) is 3. The molecule has 8 heteroatoms. The van der Waals surface area contributed by atoms with Crippen molar-refractivity contribution >= 4 is 5.97 Å². The summed E-state index contributed by atoms with van der Waals surface area (Å²) in [6.45, 7) is -3.05. The molecular formula is C12H9F3N2O3. The molecule has 2 rings (SSSR count). The lowest BCUT2D eigenvalue weighted by Crippen LogP contribution is -2.04. The second kappa shape index (κ2) is 5.24. The Morgan fingerprint density at radius 1 is 1.40 bits per heavy atom. The Bertz CT molecular complexity index is 655. The van der Waals surface area contributed by atoms with Gasteiger partial charge in [-0.2, -0.15) is 13.9 Å². The number of aryl methyl sites for hydroxylation is 1. The molecule has 0 unspecified atom stereocenters. The largest absolute Gasteiger partial charge is 0.477 e. The van der Waals surface area contributed by atoms with Gasteiger partial charge in [0.15, 0.2) is 0 Å². The maximum atomic E-state index is 13.8. The van der Waals surface area contributed by atoms with Crippen LogP contribution in [-0.4, -0.2) is 27.5 Å². The van der Waals surface area contributed by atoms with Gasteiger partial charge >= 0.3 is 12.6 Å². The number of benzene rings is 1. The topological polar surface area (TPSA) is 64.4 Å². The third kappa shape index (κ3) is 2.73. The molecule has 0 amide bonds. The number of ether oxygens (including phenoxy) is 1. The smallest absolute Gasteiger partial charge is 0.387 e. The molecule has 1 aromatic heterocycles. The number of nitrogens with zero attached hydrogens (tertiary/aromatic N) is 2. The maximum absolute atomic E-state index is 13.8. The molecule has 0 fully saturated rings. The minimum Gasteiger partial charge on any atom is -0.477 e. The quantitative estimate of drug-likeness (QED) is 0.938. The Balaban J connectivity index is 2.38. The number of halogens is 3. The van der Waals surface area contributed by atoms with Gasteiger partial charge in [0.1, 0.15) is 17.3 Å². The van der Waals surface area contributed by atoms with Crippen molar-refractivity contribution in [3.63, 3.8) is 0 Å². The molecule has 20 heavy (non-hydrogen) atoms. The van der Waals surface area contributed by atoms with E-state index in [1.807, 2.05) is 0 Å². The molecule has 1 aromatic carbocycles. The number of carboxylic acids is 1. The maximum Gasteiger partial charge on any atom is 0.387 e. The molecule has 0 saturated heterocycles. The molecule has 1 heterocycles. The first-order chi connectivity index (χ1) is 9.38. The Hall–Kier alpha value is -2.51. The number of aromatic nitrogens is 2. The number of hydrogen-bond donors (Lipinski definition) is 1. The molecule has 5 nitrogen and oxygen atoms in total. The number of rotatable bonds is 4. The van der Waals surface area contributed by atoms with Crippen LogP contribution in [0.25, 0.3) is 11.3 Å². The van der Waals surface area contributed by atoms with Crippen molar-refractivity contribution in [2.45, 2.75) is 6.61 Å². The van der Waals surface area contributed by atoms with Gasteiger partial charge in [0.25, 0.3) is 0 Å². The van der Waals surface area contributed by atoms with Crippen molar-refractivity contribution in [3.8, 4) is 17.0 Å². The molecule has 0 atom stereocenters. The summed E-state index contributed by atoms with van der Waals surface area (Å²) in [6.07, 6.45) is 0. The van der Waals surface area contributed by atoms with Gasteiger partial charge < -0.3 is 9.84 Å². The molecule has 0 radical (unpaired) electrons. The number of carboxylic acid groups (broad SMARTS) is 1. The molecule has 106 valence electrons. The Morgan fingerprint density at radius 2 is 2.10 bits per heavy atom. The second-order valence-corrected chi connectivity index (χ2v) is 3.86. The average Bonchev–Trinajstić information content (AvgIpc) is 2.70.